The Morgan fingerprint density at radius 2 is 2.21 bits per heavy atom. The molecule has 0 aromatic heterocycles. The highest BCUT2D eigenvalue weighted by molar-refractivity contribution is 6.13. The van der Waals surface area contributed by atoms with Crippen molar-refractivity contribution in [1.29, 1.82) is 5.41 Å². The van der Waals surface area contributed by atoms with E-state index in [0.29, 0.717) is 24.6 Å². The van der Waals surface area contributed by atoms with Gasteiger partial charge in [-0.05, 0) is 24.3 Å². The summed E-state index contributed by atoms with van der Waals surface area (Å²) in [6.07, 6.45) is 6.23. The third kappa shape index (κ3) is 3.74. The van der Waals surface area contributed by atoms with Gasteiger partial charge in [-0.1, -0.05) is 36.8 Å². The number of rotatable bonds is 7. The molecule has 2 atom stereocenters. The predicted molar refractivity (Wildman–Crippen MR) is 95.9 cm³/mol. The minimum atomic E-state index is -0.0968. The number of carbonyl (C=O) groups excluding carboxylic acids is 1. The zero-order valence-electron chi connectivity index (χ0n) is 14.0. The number of nitrogens with two attached hydrogens (primary N) is 1. The molecule has 3 rings (SSSR count). The van der Waals surface area contributed by atoms with Crippen LogP contribution in [0.3, 0.4) is 0 Å². The quantitative estimate of drug-likeness (QED) is 0.526. The summed E-state index contributed by atoms with van der Waals surface area (Å²) in [4.78, 5) is 14.6. The van der Waals surface area contributed by atoms with Gasteiger partial charge in [0.2, 0.25) is 0 Å². The molecule has 2 aliphatic rings. The maximum absolute atomic E-state index is 12.5. The lowest BCUT2D eigenvalue weighted by molar-refractivity contribution is -0.116. The molecule has 128 valence electrons. The van der Waals surface area contributed by atoms with E-state index >= 15 is 0 Å². The molecule has 1 aromatic rings. The number of ketones is 1. The standard InChI is InChI=1S/C19H26N4O/c20-9-16(11-22-10-15-5-2-1-3-6-15)18(24)13-23-12-17-7-4-8-19(17,21)14-23/h1-3,5-6,9,11,17,20,22H,4,7-8,10,12-14,21H2/b16-11+,20-9?/t17-,19-/m1/s1. The molecule has 0 unspecified atom stereocenters. The second-order valence-electron chi connectivity index (χ2n) is 7.03. The van der Waals surface area contributed by atoms with E-state index in [0.717, 1.165) is 31.3 Å². The number of fused-ring (bicyclic) bond motifs is 1. The Hall–Kier alpha value is -1.98. The number of carbonyl (C=O) groups is 1. The van der Waals surface area contributed by atoms with Crippen LogP contribution in [-0.4, -0.2) is 42.1 Å². The van der Waals surface area contributed by atoms with Crippen molar-refractivity contribution in [2.75, 3.05) is 19.6 Å². The molecule has 1 saturated heterocycles. The van der Waals surface area contributed by atoms with Crippen molar-refractivity contribution < 1.29 is 4.79 Å². The first-order valence-corrected chi connectivity index (χ1v) is 8.63. The van der Waals surface area contributed by atoms with Gasteiger partial charge in [0.25, 0.3) is 0 Å². The summed E-state index contributed by atoms with van der Waals surface area (Å²) in [6, 6.07) is 9.99. The van der Waals surface area contributed by atoms with E-state index in [4.69, 9.17) is 11.1 Å². The second kappa shape index (κ2) is 7.28. The van der Waals surface area contributed by atoms with E-state index in [1.54, 1.807) is 6.20 Å². The first kappa shape index (κ1) is 16.9. The van der Waals surface area contributed by atoms with Gasteiger partial charge in [-0.25, -0.2) is 0 Å². The molecule has 1 heterocycles. The van der Waals surface area contributed by atoms with Gasteiger partial charge < -0.3 is 16.5 Å². The van der Waals surface area contributed by atoms with E-state index in [9.17, 15) is 4.79 Å². The van der Waals surface area contributed by atoms with Crippen LogP contribution in [0.2, 0.25) is 0 Å². The van der Waals surface area contributed by atoms with Crippen molar-refractivity contribution in [3.05, 3.63) is 47.7 Å². The Bertz CT molecular complexity index is 628. The van der Waals surface area contributed by atoms with Crippen molar-refractivity contribution in [2.24, 2.45) is 11.7 Å². The summed E-state index contributed by atoms with van der Waals surface area (Å²) in [5, 5.41) is 10.6. The normalized spacial score (nSPS) is 27.0. The van der Waals surface area contributed by atoms with Gasteiger partial charge in [0, 0.05) is 37.6 Å². The molecule has 1 aliphatic heterocycles. The van der Waals surface area contributed by atoms with Gasteiger partial charge in [-0.3, -0.25) is 9.69 Å². The summed E-state index contributed by atoms with van der Waals surface area (Å²) in [5.41, 5.74) is 7.91. The number of hydrogen-bond acceptors (Lipinski definition) is 5. The lowest BCUT2D eigenvalue weighted by Gasteiger charge is -2.23. The molecular formula is C19H26N4O. The number of likely N-dealkylation sites (tertiary alicyclic amines) is 1. The van der Waals surface area contributed by atoms with E-state index in [1.165, 1.54) is 12.8 Å². The molecule has 1 saturated carbocycles. The van der Waals surface area contributed by atoms with Crippen LogP contribution in [0.1, 0.15) is 24.8 Å². The third-order valence-electron chi connectivity index (χ3n) is 5.26. The highest BCUT2D eigenvalue weighted by Gasteiger charge is 2.46. The lowest BCUT2D eigenvalue weighted by atomic mass is 9.92. The smallest absolute Gasteiger partial charge is 0.179 e. The minimum Gasteiger partial charge on any atom is -0.386 e. The van der Waals surface area contributed by atoms with Crippen LogP contribution in [0.25, 0.3) is 0 Å². The van der Waals surface area contributed by atoms with Crippen molar-refractivity contribution in [2.45, 2.75) is 31.3 Å². The summed E-state index contributed by atoms with van der Waals surface area (Å²) in [7, 11) is 0. The van der Waals surface area contributed by atoms with Crippen molar-refractivity contribution in [1.82, 2.24) is 10.2 Å². The fourth-order valence-corrected chi connectivity index (χ4v) is 3.94. The first-order chi connectivity index (χ1) is 11.6. The molecule has 0 spiro atoms. The molecule has 0 amide bonds. The highest BCUT2D eigenvalue weighted by Crippen LogP contribution is 2.39. The Labute approximate surface area is 143 Å². The van der Waals surface area contributed by atoms with Gasteiger partial charge in [0.15, 0.2) is 5.78 Å². The maximum atomic E-state index is 12.5. The summed E-state index contributed by atoms with van der Waals surface area (Å²) in [6.45, 7) is 2.70. The van der Waals surface area contributed by atoms with Crippen LogP contribution in [0.4, 0.5) is 0 Å². The topological polar surface area (TPSA) is 82.2 Å². The van der Waals surface area contributed by atoms with E-state index in [1.807, 2.05) is 30.3 Å². The molecule has 1 aliphatic carbocycles. The van der Waals surface area contributed by atoms with Gasteiger partial charge in [0.1, 0.15) is 0 Å². The largest absolute Gasteiger partial charge is 0.386 e. The summed E-state index contributed by atoms with van der Waals surface area (Å²) in [5.74, 6) is 0.503. The maximum Gasteiger partial charge on any atom is 0.179 e. The van der Waals surface area contributed by atoms with Gasteiger partial charge in [-0.2, -0.15) is 0 Å². The molecule has 2 fully saturated rings. The summed E-state index contributed by atoms with van der Waals surface area (Å²) < 4.78 is 0. The lowest BCUT2D eigenvalue weighted by Crippen LogP contribution is -2.44. The van der Waals surface area contributed by atoms with Crippen molar-refractivity contribution >= 4 is 12.0 Å². The molecule has 5 nitrogen and oxygen atoms in total. The molecule has 0 bridgehead atoms. The Balaban J connectivity index is 1.53. The number of nitrogens with zero attached hydrogens (tertiary/aromatic N) is 1. The zero-order valence-corrected chi connectivity index (χ0v) is 14.0. The van der Waals surface area contributed by atoms with Gasteiger partial charge in [0.05, 0.1) is 12.1 Å². The summed E-state index contributed by atoms with van der Waals surface area (Å²) >= 11 is 0. The van der Waals surface area contributed by atoms with Gasteiger partial charge in [-0.15, -0.1) is 0 Å². The monoisotopic (exact) mass is 326 g/mol. The number of nitrogens with one attached hydrogen (secondary N) is 2. The predicted octanol–water partition coefficient (Wildman–Crippen LogP) is 1.69. The molecule has 4 N–H and O–H groups in total. The molecule has 5 heteroatoms. The van der Waals surface area contributed by atoms with Gasteiger partial charge >= 0.3 is 0 Å². The fraction of sp³-hybridized carbons (Fsp3) is 0.474. The van der Waals surface area contributed by atoms with Crippen LogP contribution >= 0.6 is 0 Å². The van der Waals surface area contributed by atoms with Crippen LogP contribution < -0.4 is 11.1 Å². The molecule has 24 heavy (non-hydrogen) atoms. The third-order valence-corrected chi connectivity index (χ3v) is 5.26. The Morgan fingerprint density at radius 1 is 1.42 bits per heavy atom. The Kier molecular flexibility index (Phi) is 5.11. The first-order valence-electron chi connectivity index (χ1n) is 8.63. The molecular weight excluding hydrogens is 300 g/mol. The van der Waals surface area contributed by atoms with E-state index < -0.39 is 0 Å². The van der Waals surface area contributed by atoms with Crippen molar-refractivity contribution in [3.63, 3.8) is 0 Å². The SMILES string of the molecule is N=C/C(=C\NCc1ccccc1)C(=O)CN1C[C@H]2CCC[C@@]2(N)C1. The van der Waals surface area contributed by atoms with E-state index in [-0.39, 0.29) is 11.3 Å². The second-order valence-corrected chi connectivity index (χ2v) is 7.03. The minimum absolute atomic E-state index is 0.0193. The van der Waals surface area contributed by atoms with Crippen LogP contribution in [0.5, 0.6) is 0 Å². The molecule has 1 aromatic carbocycles. The zero-order chi connectivity index (χ0) is 17.0. The average molecular weight is 326 g/mol. The van der Waals surface area contributed by atoms with Crippen molar-refractivity contribution in [3.8, 4) is 0 Å². The number of hydrogen-bond donors (Lipinski definition) is 3. The highest BCUT2D eigenvalue weighted by atomic mass is 16.1. The average Bonchev–Trinajstić information content (AvgIpc) is 3.06. The van der Waals surface area contributed by atoms with Crippen LogP contribution in [-0.2, 0) is 11.3 Å². The molecule has 0 radical (unpaired) electrons. The number of benzene rings is 1. The number of Topliss-reactive ketones (excluding diaryl/α,β-unsaturated/α-hetero) is 1. The van der Waals surface area contributed by atoms with E-state index in [2.05, 4.69) is 10.2 Å². The van der Waals surface area contributed by atoms with Crippen LogP contribution in [0.15, 0.2) is 42.1 Å². The fourth-order valence-electron chi connectivity index (χ4n) is 3.94. The van der Waals surface area contributed by atoms with Crippen LogP contribution in [0, 0.1) is 11.3 Å². The Morgan fingerprint density at radius 3 is 2.92 bits per heavy atom.